The third-order valence-electron chi connectivity index (χ3n) is 3.71. The van der Waals surface area contributed by atoms with Crippen molar-refractivity contribution in [2.75, 3.05) is 17.7 Å². The quantitative estimate of drug-likeness (QED) is 0.613. The number of hydrogen-bond donors (Lipinski definition) is 2. The molecule has 6 heteroatoms. The van der Waals surface area contributed by atoms with Gasteiger partial charge < -0.3 is 15.4 Å². The van der Waals surface area contributed by atoms with Gasteiger partial charge in [-0.05, 0) is 47.9 Å². The van der Waals surface area contributed by atoms with Crippen LogP contribution in [0.15, 0.2) is 72.1 Å². The van der Waals surface area contributed by atoms with Crippen molar-refractivity contribution in [3.63, 3.8) is 0 Å². The van der Waals surface area contributed by atoms with E-state index in [4.69, 9.17) is 4.74 Å². The van der Waals surface area contributed by atoms with Gasteiger partial charge in [0.1, 0.15) is 5.75 Å². The molecule has 136 valence electrons. The first kappa shape index (κ1) is 18.4. The van der Waals surface area contributed by atoms with Gasteiger partial charge in [-0.15, -0.1) is 11.3 Å². The van der Waals surface area contributed by atoms with Gasteiger partial charge in [0, 0.05) is 23.0 Å². The first-order valence-electron chi connectivity index (χ1n) is 8.23. The van der Waals surface area contributed by atoms with Crippen molar-refractivity contribution >= 4 is 40.6 Å². The number of para-hydroxylation sites is 1. The van der Waals surface area contributed by atoms with Gasteiger partial charge in [-0.3, -0.25) is 9.59 Å². The lowest BCUT2D eigenvalue weighted by Crippen LogP contribution is -2.10. The highest BCUT2D eigenvalue weighted by molar-refractivity contribution is 7.12. The summed E-state index contributed by atoms with van der Waals surface area (Å²) in [5.41, 5.74) is 2.12. The van der Waals surface area contributed by atoms with Crippen molar-refractivity contribution in [3.8, 4) is 5.75 Å². The number of rotatable bonds is 6. The van der Waals surface area contributed by atoms with Crippen LogP contribution in [0.2, 0.25) is 0 Å². The Morgan fingerprint density at radius 2 is 1.63 bits per heavy atom. The van der Waals surface area contributed by atoms with E-state index in [1.807, 2.05) is 35.7 Å². The molecule has 2 N–H and O–H groups in total. The Hall–Kier alpha value is -3.38. The minimum absolute atomic E-state index is 0.151. The molecule has 0 aliphatic heterocycles. The maximum atomic E-state index is 12.1. The zero-order valence-electron chi connectivity index (χ0n) is 14.6. The third kappa shape index (κ3) is 5.05. The van der Waals surface area contributed by atoms with Crippen LogP contribution in [-0.2, 0) is 4.79 Å². The molecule has 0 fully saturated rings. The molecule has 0 spiro atoms. The lowest BCUT2D eigenvalue weighted by Gasteiger charge is -2.06. The van der Waals surface area contributed by atoms with E-state index in [0.717, 1.165) is 5.56 Å². The minimum Gasteiger partial charge on any atom is -0.496 e. The molecular formula is C21H18N2O3S. The number of hydrogen-bond acceptors (Lipinski definition) is 4. The number of carbonyl (C=O) groups excluding carboxylic acids is 2. The second-order valence-corrected chi connectivity index (χ2v) is 6.52. The largest absolute Gasteiger partial charge is 0.496 e. The smallest absolute Gasteiger partial charge is 0.265 e. The summed E-state index contributed by atoms with van der Waals surface area (Å²) < 4.78 is 5.25. The number of anilines is 2. The summed E-state index contributed by atoms with van der Waals surface area (Å²) in [5, 5.41) is 7.45. The molecule has 3 rings (SSSR count). The molecule has 1 aromatic heterocycles. The first-order valence-corrected chi connectivity index (χ1v) is 9.10. The third-order valence-corrected chi connectivity index (χ3v) is 4.58. The monoisotopic (exact) mass is 378 g/mol. The summed E-state index contributed by atoms with van der Waals surface area (Å²) in [6.45, 7) is 0. The fourth-order valence-electron chi connectivity index (χ4n) is 2.39. The zero-order chi connectivity index (χ0) is 19.1. The molecule has 3 aromatic rings. The normalized spacial score (nSPS) is 10.6. The summed E-state index contributed by atoms with van der Waals surface area (Å²) in [4.78, 5) is 24.8. The number of benzene rings is 2. The van der Waals surface area contributed by atoms with E-state index in [9.17, 15) is 9.59 Å². The van der Waals surface area contributed by atoms with Crippen LogP contribution in [0.3, 0.4) is 0 Å². The van der Waals surface area contributed by atoms with Crippen LogP contribution >= 0.6 is 11.3 Å². The molecule has 0 saturated heterocycles. The van der Waals surface area contributed by atoms with Crippen molar-refractivity contribution in [2.45, 2.75) is 0 Å². The molecule has 1 heterocycles. The maximum absolute atomic E-state index is 12.1. The standard InChI is InChI=1S/C21H18N2O3S/c1-26-18-6-3-2-5-15(18)8-13-20(24)22-16-9-11-17(12-10-16)23-21(25)19-7-4-14-27-19/h2-14H,1H3,(H,22,24)(H,23,25)/b13-8+. The number of nitrogens with one attached hydrogen (secondary N) is 2. The molecule has 2 aromatic carbocycles. The van der Waals surface area contributed by atoms with E-state index in [-0.39, 0.29) is 11.8 Å². The Kier molecular flexibility index (Phi) is 6.02. The molecular weight excluding hydrogens is 360 g/mol. The molecule has 0 unspecified atom stereocenters. The topological polar surface area (TPSA) is 67.4 Å². The SMILES string of the molecule is COc1ccccc1/C=C/C(=O)Nc1ccc(NC(=O)c2cccs2)cc1. The van der Waals surface area contributed by atoms with E-state index in [0.29, 0.717) is 22.0 Å². The second kappa shape index (κ2) is 8.82. The Bertz CT molecular complexity index is 948. The van der Waals surface area contributed by atoms with Crippen LogP contribution in [0.25, 0.3) is 6.08 Å². The fourth-order valence-corrected chi connectivity index (χ4v) is 3.01. The summed E-state index contributed by atoms with van der Waals surface area (Å²) in [6, 6.07) is 18.0. The van der Waals surface area contributed by atoms with Gasteiger partial charge in [-0.2, -0.15) is 0 Å². The minimum atomic E-state index is -0.253. The molecule has 0 radical (unpaired) electrons. The lowest BCUT2D eigenvalue weighted by atomic mass is 10.2. The molecule has 0 bridgehead atoms. The molecule has 27 heavy (non-hydrogen) atoms. The van der Waals surface area contributed by atoms with Crippen LogP contribution in [0, 0.1) is 0 Å². The van der Waals surface area contributed by atoms with E-state index < -0.39 is 0 Å². The van der Waals surface area contributed by atoms with Crippen molar-refractivity contribution in [1.29, 1.82) is 0 Å². The van der Waals surface area contributed by atoms with Crippen LogP contribution < -0.4 is 15.4 Å². The average molecular weight is 378 g/mol. The molecule has 2 amide bonds. The Labute approximate surface area is 161 Å². The molecule has 0 aliphatic rings. The van der Waals surface area contributed by atoms with Crippen molar-refractivity contribution in [1.82, 2.24) is 0 Å². The van der Waals surface area contributed by atoms with Crippen molar-refractivity contribution in [2.24, 2.45) is 0 Å². The number of amides is 2. The van der Waals surface area contributed by atoms with Crippen LogP contribution in [-0.4, -0.2) is 18.9 Å². The van der Waals surface area contributed by atoms with Crippen molar-refractivity contribution < 1.29 is 14.3 Å². The lowest BCUT2D eigenvalue weighted by molar-refractivity contribution is -0.111. The van der Waals surface area contributed by atoms with Gasteiger partial charge >= 0.3 is 0 Å². The molecule has 0 saturated carbocycles. The summed E-state index contributed by atoms with van der Waals surface area (Å²) in [6.07, 6.45) is 3.15. The number of ether oxygens (including phenoxy) is 1. The van der Waals surface area contributed by atoms with E-state index in [2.05, 4.69) is 10.6 Å². The number of methoxy groups -OCH3 is 1. The summed E-state index contributed by atoms with van der Waals surface area (Å²) >= 11 is 1.38. The van der Waals surface area contributed by atoms with E-state index in [1.54, 1.807) is 43.5 Å². The molecule has 0 atom stereocenters. The Morgan fingerprint density at radius 3 is 2.30 bits per heavy atom. The zero-order valence-corrected chi connectivity index (χ0v) is 15.5. The van der Waals surface area contributed by atoms with Gasteiger partial charge in [0.25, 0.3) is 5.91 Å². The summed E-state index contributed by atoms with van der Waals surface area (Å²) in [7, 11) is 1.59. The van der Waals surface area contributed by atoms with Crippen LogP contribution in [0.5, 0.6) is 5.75 Å². The first-order chi connectivity index (χ1) is 13.2. The number of carbonyl (C=O) groups is 2. The van der Waals surface area contributed by atoms with Gasteiger partial charge in [0.2, 0.25) is 5.91 Å². The fraction of sp³-hybridized carbons (Fsp3) is 0.0476. The Morgan fingerprint density at radius 1 is 0.926 bits per heavy atom. The van der Waals surface area contributed by atoms with Gasteiger partial charge in [0.05, 0.1) is 12.0 Å². The number of thiophene rings is 1. The highest BCUT2D eigenvalue weighted by atomic mass is 32.1. The van der Waals surface area contributed by atoms with Gasteiger partial charge in [-0.1, -0.05) is 24.3 Å². The highest BCUT2D eigenvalue weighted by Gasteiger charge is 2.07. The molecule has 5 nitrogen and oxygen atoms in total. The van der Waals surface area contributed by atoms with E-state index >= 15 is 0 Å². The van der Waals surface area contributed by atoms with Crippen LogP contribution in [0.4, 0.5) is 11.4 Å². The van der Waals surface area contributed by atoms with Crippen molar-refractivity contribution in [3.05, 3.63) is 82.6 Å². The second-order valence-electron chi connectivity index (χ2n) is 5.57. The Balaban J connectivity index is 1.58. The van der Waals surface area contributed by atoms with E-state index in [1.165, 1.54) is 17.4 Å². The average Bonchev–Trinajstić information content (AvgIpc) is 3.23. The van der Waals surface area contributed by atoms with Crippen LogP contribution in [0.1, 0.15) is 15.2 Å². The molecule has 0 aliphatic carbocycles. The predicted molar refractivity (Wildman–Crippen MR) is 109 cm³/mol. The highest BCUT2D eigenvalue weighted by Crippen LogP contribution is 2.19. The predicted octanol–water partition coefficient (Wildman–Crippen LogP) is 4.66. The summed E-state index contributed by atoms with van der Waals surface area (Å²) in [5.74, 6) is 0.296. The maximum Gasteiger partial charge on any atom is 0.265 e. The van der Waals surface area contributed by atoms with Gasteiger partial charge in [-0.25, -0.2) is 0 Å². The van der Waals surface area contributed by atoms with Gasteiger partial charge in [0.15, 0.2) is 0 Å².